The molecule has 1 heterocycles. The van der Waals surface area contributed by atoms with E-state index in [0.717, 1.165) is 29.4 Å². The van der Waals surface area contributed by atoms with E-state index in [1.807, 2.05) is 24.3 Å². The van der Waals surface area contributed by atoms with Gasteiger partial charge in [-0.25, -0.2) is 4.98 Å². The molecule has 4 nitrogen and oxygen atoms in total. The van der Waals surface area contributed by atoms with Crippen molar-refractivity contribution < 1.29 is 4.79 Å². The van der Waals surface area contributed by atoms with Gasteiger partial charge in [0.2, 0.25) is 0 Å². The number of nitrogens with two attached hydrogens (primary N) is 1. The van der Waals surface area contributed by atoms with Crippen LogP contribution in [0.3, 0.4) is 0 Å². The lowest BCUT2D eigenvalue weighted by Gasteiger charge is -2.26. The number of halogens is 1. The van der Waals surface area contributed by atoms with Gasteiger partial charge in [0.05, 0.1) is 6.04 Å². The Hall–Kier alpha value is -1.88. The van der Waals surface area contributed by atoms with Crippen LogP contribution >= 0.6 is 15.9 Å². The van der Waals surface area contributed by atoms with Crippen molar-refractivity contribution in [3.05, 3.63) is 57.8 Å². The molecular formula is C16H16BrN3O. The molecule has 5 heteroatoms. The summed E-state index contributed by atoms with van der Waals surface area (Å²) in [7, 11) is 0. The summed E-state index contributed by atoms with van der Waals surface area (Å²) in [5.74, 6) is -0.142. The molecule has 0 saturated carbocycles. The van der Waals surface area contributed by atoms with Gasteiger partial charge in [-0.2, -0.15) is 0 Å². The average molecular weight is 346 g/mol. The molecule has 21 heavy (non-hydrogen) atoms. The summed E-state index contributed by atoms with van der Waals surface area (Å²) < 4.78 is 0.859. The number of anilines is 1. The molecule has 108 valence electrons. The molecule has 2 aromatic rings. The van der Waals surface area contributed by atoms with Crippen molar-refractivity contribution in [1.29, 1.82) is 0 Å². The standard InChI is InChI=1S/C16H16BrN3O/c17-11-4-7-15(19-9-11)16(21)20-14-3-1-2-10-8-12(18)5-6-13(10)14/h4-9,14H,1-3,18H2,(H,20,21). The van der Waals surface area contributed by atoms with E-state index in [2.05, 4.69) is 26.2 Å². The Morgan fingerprint density at radius 3 is 2.95 bits per heavy atom. The first-order chi connectivity index (χ1) is 10.1. The summed E-state index contributed by atoms with van der Waals surface area (Å²) >= 11 is 3.32. The topological polar surface area (TPSA) is 68.0 Å². The van der Waals surface area contributed by atoms with Crippen LogP contribution < -0.4 is 11.1 Å². The molecule has 1 aliphatic carbocycles. The monoisotopic (exact) mass is 345 g/mol. The fraction of sp³-hybridized carbons (Fsp3) is 0.250. The molecule has 3 N–H and O–H groups in total. The second-order valence-corrected chi connectivity index (χ2v) is 6.15. The van der Waals surface area contributed by atoms with Crippen molar-refractivity contribution in [1.82, 2.24) is 10.3 Å². The normalized spacial score (nSPS) is 17.1. The van der Waals surface area contributed by atoms with Gasteiger partial charge in [0.15, 0.2) is 0 Å². The van der Waals surface area contributed by atoms with Crippen LogP contribution in [0, 0.1) is 0 Å². The van der Waals surface area contributed by atoms with Crippen LogP contribution in [0.4, 0.5) is 5.69 Å². The minimum absolute atomic E-state index is 0.0345. The van der Waals surface area contributed by atoms with Crippen molar-refractivity contribution >= 4 is 27.5 Å². The van der Waals surface area contributed by atoms with Crippen LogP contribution in [0.1, 0.15) is 40.5 Å². The molecule has 1 aromatic heterocycles. The second-order valence-electron chi connectivity index (χ2n) is 5.24. The molecule has 0 saturated heterocycles. The summed E-state index contributed by atoms with van der Waals surface area (Å²) in [6, 6.07) is 9.48. The minimum atomic E-state index is -0.142. The van der Waals surface area contributed by atoms with E-state index < -0.39 is 0 Å². The van der Waals surface area contributed by atoms with Gasteiger partial charge < -0.3 is 11.1 Å². The Morgan fingerprint density at radius 2 is 2.19 bits per heavy atom. The molecule has 3 rings (SSSR count). The molecule has 0 radical (unpaired) electrons. The van der Waals surface area contributed by atoms with Crippen molar-refractivity contribution in [2.45, 2.75) is 25.3 Å². The zero-order valence-corrected chi connectivity index (χ0v) is 13.1. The molecule has 0 fully saturated rings. The first-order valence-electron chi connectivity index (χ1n) is 6.94. The Balaban J connectivity index is 1.80. The third-order valence-electron chi connectivity index (χ3n) is 3.75. The number of aromatic nitrogens is 1. The fourth-order valence-corrected chi connectivity index (χ4v) is 2.96. The fourth-order valence-electron chi connectivity index (χ4n) is 2.73. The number of nitrogens with one attached hydrogen (secondary N) is 1. The quantitative estimate of drug-likeness (QED) is 0.821. The summed E-state index contributed by atoms with van der Waals surface area (Å²) in [6.07, 6.45) is 4.64. The number of hydrogen-bond donors (Lipinski definition) is 2. The van der Waals surface area contributed by atoms with E-state index in [1.165, 1.54) is 11.1 Å². The third-order valence-corrected chi connectivity index (χ3v) is 4.22. The maximum Gasteiger partial charge on any atom is 0.270 e. The van der Waals surface area contributed by atoms with E-state index >= 15 is 0 Å². The van der Waals surface area contributed by atoms with E-state index in [0.29, 0.717) is 5.69 Å². The Labute approximate surface area is 131 Å². The maximum atomic E-state index is 12.3. The van der Waals surface area contributed by atoms with Gasteiger partial charge in [-0.05, 0) is 70.6 Å². The van der Waals surface area contributed by atoms with Crippen LogP contribution in [-0.2, 0) is 6.42 Å². The molecular weight excluding hydrogens is 330 g/mol. The van der Waals surface area contributed by atoms with Crippen molar-refractivity contribution in [2.75, 3.05) is 5.73 Å². The van der Waals surface area contributed by atoms with Gasteiger partial charge in [0.25, 0.3) is 5.91 Å². The molecule has 1 aromatic carbocycles. The molecule has 1 amide bonds. The van der Waals surface area contributed by atoms with E-state index in [4.69, 9.17) is 5.73 Å². The molecule has 0 spiro atoms. The third kappa shape index (κ3) is 3.08. The van der Waals surface area contributed by atoms with Crippen LogP contribution in [0.15, 0.2) is 41.0 Å². The largest absolute Gasteiger partial charge is 0.399 e. The Bertz CT molecular complexity index is 670. The van der Waals surface area contributed by atoms with Crippen LogP contribution in [0.5, 0.6) is 0 Å². The lowest BCUT2D eigenvalue weighted by Crippen LogP contribution is -2.31. The first-order valence-corrected chi connectivity index (χ1v) is 7.73. The maximum absolute atomic E-state index is 12.3. The predicted octanol–water partition coefficient (Wildman–Crippen LogP) is 3.23. The van der Waals surface area contributed by atoms with Crippen LogP contribution in [0.25, 0.3) is 0 Å². The van der Waals surface area contributed by atoms with Gasteiger partial charge in [0, 0.05) is 16.4 Å². The summed E-state index contributed by atoms with van der Waals surface area (Å²) in [5.41, 5.74) is 9.44. The Kier molecular flexibility index (Phi) is 3.92. The van der Waals surface area contributed by atoms with Gasteiger partial charge in [-0.3, -0.25) is 4.79 Å². The van der Waals surface area contributed by atoms with Crippen molar-refractivity contribution in [2.24, 2.45) is 0 Å². The number of rotatable bonds is 2. The first kappa shape index (κ1) is 14.1. The SMILES string of the molecule is Nc1ccc2c(c1)CCCC2NC(=O)c1ccc(Br)cn1. The number of amides is 1. The summed E-state index contributed by atoms with van der Waals surface area (Å²) in [5, 5.41) is 3.07. The highest BCUT2D eigenvalue weighted by Crippen LogP contribution is 2.31. The van der Waals surface area contributed by atoms with Gasteiger partial charge >= 0.3 is 0 Å². The smallest absolute Gasteiger partial charge is 0.270 e. The highest BCUT2D eigenvalue weighted by atomic mass is 79.9. The Morgan fingerprint density at radius 1 is 1.33 bits per heavy atom. The molecule has 1 atom stereocenters. The predicted molar refractivity (Wildman–Crippen MR) is 85.9 cm³/mol. The number of benzene rings is 1. The van der Waals surface area contributed by atoms with E-state index in [9.17, 15) is 4.79 Å². The number of hydrogen-bond acceptors (Lipinski definition) is 3. The number of nitrogen functional groups attached to an aromatic ring is 1. The van der Waals surface area contributed by atoms with Gasteiger partial charge in [-0.1, -0.05) is 6.07 Å². The average Bonchev–Trinajstić information content (AvgIpc) is 2.47. The van der Waals surface area contributed by atoms with Crippen molar-refractivity contribution in [3.8, 4) is 0 Å². The van der Waals surface area contributed by atoms with Crippen LogP contribution in [0.2, 0.25) is 0 Å². The highest BCUT2D eigenvalue weighted by molar-refractivity contribution is 9.10. The summed E-state index contributed by atoms with van der Waals surface area (Å²) in [6.45, 7) is 0. The van der Waals surface area contributed by atoms with Crippen molar-refractivity contribution in [3.63, 3.8) is 0 Å². The lowest BCUT2D eigenvalue weighted by molar-refractivity contribution is 0.0927. The van der Waals surface area contributed by atoms with Gasteiger partial charge in [0.1, 0.15) is 5.69 Å². The second kappa shape index (κ2) is 5.85. The number of pyridine rings is 1. The van der Waals surface area contributed by atoms with E-state index in [1.54, 1.807) is 12.3 Å². The van der Waals surface area contributed by atoms with Gasteiger partial charge in [-0.15, -0.1) is 0 Å². The van der Waals surface area contributed by atoms with Crippen LogP contribution in [-0.4, -0.2) is 10.9 Å². The highest BCUT2D eigenvalue weighted by Gasteiger charge is 2.22. The molecule has 0 bridgehead atoms. The zero-order chi connectivity index (χ0) is 14.8. The minimum Gasteiger partial charge on any atom is -0.399 e. The number of fused-ring (bicyclic) bond motifs is 1. The number of carbonyl (C=O) groups is 1. The molecule has 0 aliphatic heterocycles. The molecule has 1 unspecified atom stereocenters. The number of aryl methyl sites for hydroxylation is 1. The number of carbonyl (C=O) groups excluding carboxylic acids is 1. The molecule has 1 aliphatic rings. The zero-order valence-electron chi connectivity index (χ0n) is 11.5. The van der Waals surface area contributed by atoms with E-state index in [-0.39, 0.29) is 11.9 Å². The number of nitrogens with zero attached hydrogens (tertiary/aromatic N) is 1. The summed E-state index contributed by atoms with van der Waals surface area (Å²) in [4.78, 5) is 16.4. The lowest BCUT2D eigenvalue weighted by atomic mass is 9.87.